The molecular weight excluding hydrogens is 316 g/mol. The van der Waals surface area contributed by atoms with E-state index in [2.05, 4.69) is 15.5 Å². The van der Waals surface area contributed by atoms with Crippen LogP contribution in [-0.2, 0) is 11.2 Å². The third-order valence-corrected chi connectivity index (χ3v) is 3.86. The molecular formula is C16H21ClN4O2. The second-order valence-electron chi connectivity index (χ2n) is 5.50. The minimum Gasteiger partial charge on any atom is -0.355 e. The summed E-state index contributed by atoms with van der Waals surface area (Å²) in [5.74, 6) is 1.07. The number of hydrogen-bond acceptors (Lipinski definition) is 5. The van der Waals surface area contributed by atoms with E-state index in [-0.39, 0.29) is 18.5 Å². The first kappa shape index (κ1) is 17.4. The molecule has 0 unspecified atom stereocenters. The van der Waals surface area contributed by atoms with Crippen molar-refractivity contribution in [2.24, 2.45) is 0 Å². The molecule has 0 radical (unpaired) electrons. The molecule has 1 N–H and O–H groups in total. The number of hydrogen-bond donors (Lipinski definition) is 1. The fourth-order valence-corrected chi connectivity index (χ4v) is 2.21. The summed E-state index contributed by atoms with van der Waals surface area (Å²) in [5, 5.41) is 7.39. The highest BCUT2D eigenvalue weighted by Crippen LogP contribution is 2.15. The van der Waals surface area contributed by atoms with E-state index < -0.39 is 0 Å². The zero-order valence-electron chi connectivity index (χ0n) is 13.5. The SMILES string of the molecule is Cc1noc([C@@H](C)N(C)CC(=O)NCCc2ccc(Cl)cc2)n1. The maximum atomic E-state index is 12.0. The van der Waals surface area contributed by atoms with Gasteiger partial charge < -0.3 is 9.84 Å². The van der Waals surface area contributed by atoms with E-state index in [1.54, 1.807) is 6.92 Å². The van der Waals surface area contributed by atoms with Gasteiger partial charge in [0.1, 0.15) is 0 Å². The smallest absolute Gasteiger partial charge is 0.243 e. The standard InChI is InChI=1S/C16H21ClN4O2/c1-11(16-19-12(2)20-23-16)21(3)10-15(22)18-9-8-13-4-6-14(17)7-5-13/h4-7,11H,8-10H2,1-3H3,(H,18,22)/t11-/m1/s1. The average molecular weight is 337 g/mol. The molecule has 124 valence electrons. The predicted octanol–water partition coefficient (Wildman–Crippen LogP) is 2.38. The fourth-order valence-electron chi connectivity index (χ4n) is 2.09. The maximum Gasteiger partial charge on any atom is 0.243 e. The lowest BCUT2D eigenvalue weighted by atomic mass is 10.1. The number of nitrogens with one attached hydrogen (secondary N) is 1. The first-order chi connectivity index (χ1) is 11.0. The number of likely N-dealkylation sites (N-methyl/N-ethyl adjacent to an activating group) is 1. The molecule has 23 heavy (non-hydrogen) atoms. The maximum absolute atomic E-state index is 12.0. The Morgan fingerprint density at radius 3 is 2.70 bits per heavy atom. The summed E-state index contributed by atoms with van der Waals surface area (Å²) in [4.78, 5) is 18.0. The van der Waals surface area contributed by atoms with Gasteiger partial charge in [-0.1, -0.05) is 28.9 Å². The third kappa shape index (κ3) is 5.33. The second kappa shape index (κ2) is 8.08. The molecule has 0 saturated carbocycles. The minimum absolute atomic E-state index is 0.0375. The lowest BCUT2D eigenvalue weighted by Gasteiger charge is -2.20. The van der Waals surface area contributed by atoms with Crippen molar-refractivity contribution in [2.75, 3.05) is 20.1 Å². The molecule has 1 aromatic heterocycles. The molecule has 1 aromatic carbocycles. The van der Waals surface area contributed by atoms with Crippen molar-refractivity contribution in [3.8, 4) is 0 Å². The number of nitrogens with zero attached hydrogens (tertiary/aromatic N) is 3. The van der Waals surface area contributed by atoms with Crippen molar-refractivity contribution in [3.05, 3.63) is 46.6 Å². The number of halogens is 1. The van der Waals surface area contributed by atoms with Crippen molar-refractivity contribution in [1.82, 2.24) is 20.4 Å². The van der Waals surface area contributed by atoms with Crippen LogP contribution in [0.3, 0.4) is 0 Å². The van der Waals surface area contributed by atoms with Gasteiger partial charge >= 0.3 is 0 Å². The van der Waals surface area contributed by atoms with E-state index in [1.807, 2.05) is 43.1 Å². The van der Waals surface area contributed by atoms with Gasteiger partial charge in [0.05, 0.1) is 12.6 Å². The van der Waals surface area contributed by atoms with Gasteiger partial charge in [-0.05, 0) is 45.0 Å². The highest BCUT2D eigenvalue weighted by molar-refractivity contribution is 6.30. The number of benzene rings is 1. The summed E-state index contributed by atoms with van der Waals surface area (Å²) < 4.78 is 5.13. The second-order valence-corrected chi connectivity index (χ2v) is 5.93. The molecule has 0 spiro atoms. The monoisotopic (exact) mass is 336 g/mol. The van der Waals surface area contributed by atoms with Crippen LogP contribution in [0.2, 0.25) is 5.02 Å². The van der Waals surface area contributed by atoms with E-state index in [1.165, 1.54) is 0 Å². The lowest BCUT2D eigenvalue weighted by Crippen LogP contribution is -2.37. The number of aromatic nitrogens is 2. The molecule has 0 aliphatic carbocycles. The van der Waals surface area contributed by atoms with Crippen LogP contribution in [-0.4, -0.2) is 41.1 Å². The van der Waals surface area contributed by atoms with E-state index >= 15 is 0 Å². The molecule has 1 amide bonds. The van der Waals surface area contributed by atoms with Crippen molar-refractivity contribution < 1.29 is 9.32 Å². The normalized spacial score (nSPS) is 12.4. The van der Waals surface area contributed by atoms with E-state index in [9.17, 15) is 4.79 Å². The largest absolute Gasteiger partial charge is 0.355 e. The van der Waals surface area contributed by atoms with Gasteiger partial charge in [-0.3, -0.25) is 9.69 Å². The zero-order chi connectivity index (χ0) is 16.8. The number of carbonyl (C=O) groups excluding carboxylic acids is 1. The van der Waals surface area contributed by atoms with Gasteiger partial charge in [0.25, 0.3) is 0 Å². The van der Waals surface area contributed by atoms with Crippen molar-refractivity contribution >= 4 is 17.5 Å². The van der Waals surface area contributed by atoms with Gasteiger partial charge in [0, 0.05) is 11.6 Å². The molecule has 0 saturated heterocycles. The Morgan fingerprint density at radius 1 is 1.39 bits per heavy atom. The van der Waals surface area contributed by atoms with Gasteiger partial charge in [0.2, 0.25) is 11.8 Å². The van der Waals surface area contributed by atoms with Crippen LogP contribution in [0.1, 0.15) is 30.2 Å². The lowest BCUT2D eigenvalue weighted by molar-refractivity contribution is -0.122. The van der Waals surface area contributed by atoms with Gasteiger partial charge in [-0.15, -0.1) is 0 Å². The Labute approximate surface area is 140 Å². The van der Waals surface area contributed by atoms with Crippen LogP contribution in [0.5, 0.6) is 0 Å². The molecule has 2 aromatic rings. The molecule has 0 aliphatic heterocycles. The van der Waals surface area contributed by atoms with Crippen LogP contribution < -0.4 is 5.32 Å². The molecule has 0 aliphatic rings. The summed E-state index contributed by atoms with van der Waals surface area (Å²) >= 11 is 5.84. The van der Waals surface area contributed by atoms with Crippen LogP contribution in [0.15, 0.2) is 28.8 Å². The predicted molar refractivity (Wildman–Crippen MR) is 88.2 cm³/mol. The summed E-state index contributed by atoms with van der Waals surface area (Å²) in [5.41, 5.74) is 1.14. The van der Waals surface area contributed by atoms with Gasteiger partial charge in [-0.2, -0.15) is 4.98 Å². The molecule has 1 heterocycles. The molecule has 0 fully saturated rings. The summed E-state index contributed by atoms with van der Waals surface area (Å²) in [7, 11) is 1.85. The number of carbonyl (C=O) groups is 1. The first-order valence-electron chi connectivity index (χ1n) is 7.47. The number of rotatable bonds is 7. The Kier molecular flexibility index (Phi) is 6.12. The molecule has 7 heteroatoms. The Morgan fingerprint density at radius 2 is 2.09 bits per heavy atom. The highest BCUT2D eigenvalue weighted by Gasteiger charge is 2.19. The number of amides is 1. The molecule has 2 rings (SSSR count). The highest BCUT2D eigenvalue weighted by atomic mass is 35.5. The Hall–Kier alpha value is -1.92. The van der Waals surface area contributed by atoms with Crippen LogP contribution in [0, 0.1) is 6.92 Å². The summed E-state index contributed by atoms with van der Waals surface area (Å²) in [6.45, 7) is 4.54. The number of aryl methyl sites for hydroxylation is 1. The van der Waals surface area contributed by atoms with E-state index in [0.717, 1.165) is 12.0 Å². The van der Waals surface area contributed by atoms with Gasteiger partial charge in [-0.25, -0.2) is 0 Å². The van der Waals surface area contributed by atoms with Crippen LogP contribution in [0.4, 0.5) is 0 Å². The third-order valence-electron chi connectivity index (χ3n) is 3.60. The fraction of sp³-hybridized carbons (Fsp3) is 0.438. The minimum atomic E-state index is -0.113. The molecule has 0 bridgehead atoms. The van der Waals surface area contributed by atoms with Crippen LogP contribution >= 0.6 is 11.6 Å². The molecule has 1 atom stereocenters. The Balaban J connectivity index is 1.74. The van der Waals surface area contributed by atoms with Gasteiger partial charge in [0.15, 0.2) is 5.82 Å². The first-order valence-corrected chi connectivity index (χ1v) is 7.85. The molecule has 6 nitrogen and oxygen atoms in total. The van der Waals surface area contributed by atoms with Crippen LogP contribution in [0.25, 0.3) is 0 Å². The van der Waals surface area contributed by atoms with E-state index in [0.29, 0.717) is 23.3 Å². The quantitative estimate of drug-likeness (QED) is 0.840. The summed E-state index contributed by atoms with van der Waals surface area (Å²) in [6.07, 6.45) is 0.769. The van der Waals surface area contributed by atoms with Crippen molar-refractivity contribution in [1.29, 1.82) is 0 Å². The van der Waals surface area contributed by atoms with E-state index in [4.69, 9.17) is 16.1 Å². The zero-order valence-corrected chi connectivity index (χ0v) is 14.3. The Bertz CT molecular complexity index is 642. The topological polar surface area (TPSA) is 71.3 Å². The van der Waals surface area contributed by atoms with Crippen molar-refractivity contribution in [3.63, 3.8) is 0 Å². The van der Waals surface area contributed by atoms with Crippen molar-refractivity contribution in [2.45, 2.75) is 26.3 Å². The summed E-state index contributed by atoms with van der Waals surface area (Å²) in [6, 6.07) is 7.50. The average Bonchev–Trinajstić information content (AvgIpc) is 2.95.